The third-order valence-electron chi connectivity index (χ3n) is 6.04. The summed E-state index contributed by atoms with van der Waals surface area (Å²) in [4.78, 5) is 17.1. The first-order valence-corrected chi connectivity index (χ1v) is 12.7. The van der Waals surface area contributed by atoms with Crippen LogP contribution in [0.4, 0.5) is 0 Å². The fraction of sp³-hybridized carbons (Fsp3) is 0.423. The number of rotatable bonds is 9. The minimum Gasteiger partial charge on any atom is -0.504 e. The van der Waals surface area contributed by atoms with Gasteiger partial charge in [0.25, 0.3) is 0 Å². The summed E-state index contributed by atoms with van der Waals surface area (Å²) in [5.41, 5.74) is 1.56. The van der Waals surface area contributed by atoms with Crippen molar-refractivity contribution in [1.29, 1.82) is 0 Å². The van der Waals surface area contributed by atoms with E-state index in [1.165, 1.54) is 7.11 Å². The molecule has 8 nitrogen and oxygen atoms in total. The van der Waals surface area contributed by atoms with Crippen LogP contribution < -0.4 is 14.2 Å². The molecule has 9 heteroatoms. The topological polar surface area (TPSA) is 80.7 Å². The number of carbonyl (C=O) groups excluding carboxylic acids is 1. The van der Waals surface area contributed by atoms with Gasteiger partial charge >= 0.3 is 0 Å². The van der Waals surface area contributed by atoms with Crippen molar-refractivity contribution in [3.63, 3.8) is 0 Å². The molecule has 0 aliphatic carbocycles. The van der Waals surface area contributed by atoms with E-state index in [0.717, 1.165) is 30.0 Å². The average molecular weight is 501 g/mol. The van der Waals surface area contributed by atoms with Crippen molar-refractivity contribution in [3.8, 4) is 23.0 Å². The summed E-state index contributed by atoms with van der Waals surface area (Å²) in [6, 6.07) is 11.1. The molecule has 2 aromatic rings. The third kappa shape index (κ3) is 6.42. The average Bonchev–Trinajstić information content (AvgIpc) is 3.37. The summed E-state index contributed by atoms with van der Waals surface area (Å²) in [6.07, 6.45) is 3.35. The van der Waals surface area contributed by atoms with Gasteiger partial charge in [-0.15, -0.1) is 11.8 Å². The molecule has 0 saturated carbocycles. The normalized spacial score (nSPS) is 18.7. The minimum atomic E-state index is -0.0803. The van der Waals surface area contributed by atoms with Crippen LogP contribution in [0.1, 0.15) is 11.1 Å². The first-order valence-electron chi connectivity index (χ1n) is 11.6. The molecule has 2 saturated heterocycles. The van der Waals surface area contributed by atoms with E-state index >= 15 is 0 Å². The van der Waals surface area contributed by atoms with Crippen LogP contribution in [0.15, 0.2) is 42.5 Å². The molecule has 0 bridgehead atoms. The van der Waals surface area contributed by atoms with Gasteiger partial charge in [0.05, 0.1) is 27.4 Å². The number of para-hydroxylation sites is 2. The molecule has 2 aliphatic heterocycles. The fourth-order valence-electron chi connectivity index (χ4n) is 4.14. The number of morpholine rings is 1. The van der Waals surface area contributed by atoms with Gasteiger partial charge in [-0.25, -0.2) is 0 Å². The van der Waals surface area contributed by atoms with E-state index in [-0.39, 0.29) is 17.0 Å². The SMILES string of the molecule is COc1ccccc1OCC1SCCN1C(=O)C=Cc1cc(CN2CCOCC2)c(O)c(OC)c1. The number of hydrogen-bond donors (Lipinski definition) is 1. The number of methoxy groups -OCH3 is 2. The molecule has 4 rings (SSSR count). The molecule has 35 heavy (non-hydrogen) atoms. The number of phenols is 1. The largest absolute Gasteiger partial charge is 0.504 e. The summed E-state index contributed by atoms with van der Waals surface area (Å²) in [6.45, 7) is 4.61. The lowest BCUT2D eigenvalue weighted by Gasteiger charge is -2.27. The summed E-state index contributed by atoms with van der Waals surface area (Å²) in [7, 11) is 3.14. The molecule has 2 aliphatic rings. The maximum atomic E-state index is 13.0. The number of nitrogens with zero attached hydrogens (tertiary/aromatic N) is 2. The molecule has 2 aromatic carbocycles. The highest BCUT2D eigenvalue weighted by Gasteiger charge is 2.29. The Morgan fingerprint density at radius 2 is 1.86 bits per heavy atom. The summed E-state index contributed by atoms with van der Waals surface area (Å²) in [5, 5.41) is 10.5. The van der Waals surface area contributed by atoms with Crippen LogP contribution in [-0.4, -0.2) is 85.6 Å². The molecule has 1 unspecified atom stereocenters. The van der Waals surface area contributed by atoms with Crippen molar-refractivity contribution in [1.82, 2.24) is 9.80 Å². The maximum absolute atomic E-state index is 13.0. The Morgan fingerprint density at radius 1 is 1.11 bits per heavy atom. The number of benzene rings is 2. The number of hydrogen-bond acceptors (Lipinski definition) is 8. The Kier molecular flexibility index (Phi) is 8.79. The highest BCUT2D eigenvalue weighted by molar-refractivity contribution is 8.00. The molecule has 1 amide bonds. The van der Waals surface area contributed by atoms with Gasteiger partial charge in [0.1, 0.15) is 12.0 Å². The third-order valence-corrected chi connectivity index (χ3v) is 7.23. The predicted molar refractivity (Wildman–Crippen MR) is 136 cm³/mol. The van der Waals surface area contributed by atoms with Crippen LogP contribution in [-0.2, 0) is 16.1 Å². The lowest BCUT2D eigenvalue weighted by Crippen LogP contribution is -2.37. The number of ether oxygens (including phenoxy) is 4. The minimum absolute atomic E-state index is 0.0783. The Hall–Kier alpha value is -2.88. The number of amides is 1. The lowest BCUT2D eigenvalue weighted by atomic mass is 10.1. The molecular formula is C26H32N2O6S. The maximum Gasteiger partial charge on any atom is 0.247 e. The Labute approximate surface area is 210 Å². The Bertz CT molecular complexity index is 1040. The zero-order chi connectivity index (χ0) is 24.6. The summed E-state index contributed by atoms with van der Waals surface area (Å²) < 4.78 is 22.1. The lowest BCUT2D eigenvalue weighted by molar-refractivity contribution is -0.126. The van der Waals surface area contributed by atoms with Gasteiger partial charge < -0.3 is 29.0 Å². The van der Waals surface area contributed by atoms with Crippen molar-refractivity contribution in [2.24, 2.45) is 0 Å². The van der Waals surface area contributed by atoms with Crippen molar-refractivity contribution in [3.05, 3.63) is 53.6 Å². The molecule has 0 radical (unpaired) electrons. The molecule has 0 aromatic heterocycles. The van der Waals surface area contributed by atoms with Gasteiger partial charge in [0.2, 0.25) is 5.91 Å². The molecular weight excluding hydrogens is 468 g/mol. The highest BCUT2D eigenvalue weighted by Crippen LogP contribution is 2.33. The monoisotopic (exact) mass is 500 g/mol. The number of aromatic hydroxyl groups is 1. The molecule has 1 N–H and O–H groups in total. The van der Waals surface area contributed by atoms with Crippen LogP contribution >= 0.6 is 11.8 Å². The van der Waals surface area contributed by atoms with Crippen LogP contribution in [0.25, 0.3) is 6.08 Å². The fourth-order valence-corrected chi connectivity index (χ4v) is 5.26. The van der Waals surface area contributed by atoms with Crippen molar-refractivity contribution < 1.29 is 28.8 Å². The van der Waals surface area contributed by atoms with E-state index in [1.54, 1.807) is 37.1 Å². The van der Waals surface area contributed by atoms with Crippen LogP contribution in [0.3, 0.4) is 0 Å². The van der Waals surface area contributed by atoms with E-state index in [2.05, 4.69) is 4.90 Å². The second-order valence-corrected chi connectivity index (χ2v) is 9.56. The standard InChI is InChI=1S/C26H32N2O6S/c1-31-21-5-3-4-6-22(21)34-18-25-28(11-14-35-25)24(29)8-7-19-15-20(26(30)23(16-19)32-2)17-27-9-12-33-13-10-27/h3-8,15-16,25,30H,9-14,17-18H2,1-2H3. The zero-order valence-electron chi connectivity index (χ0n) is 20.1. The predicted octanol–water partition coefficient (Wildman–Crippen LogP) is 3.24. The Morgan fingerprint density at radius 3 is 2.60 bits per heavy atom. The van der Waals surface area contributed by atoms with Crippen molar-refractivity contribution >= 4 is 23.7 Å². The number of carbonyl (C=O) groups is 1. The summed E-state index contributed by atoms with van der Waals surface area (Å²) >= 11 is 1.70. The number of thioether (sulfide) groups is 1. The van der Waals surface area contributed by atoms with E-state index in [1.807, 2.05) is 35.2 Å². The van der Waals surface area contributed by atoms with Gasteiger partial charge in [0, 0.05) is 43.6 Å². The molecule has 1 atom stereocenters. The van der Waals surface area contributed by atoms with Crippen LogP contribution in [0, 0.1) is 0 Å². The number of phenolic OH excluding ortho intramolecular Hbond substituents is 1. The quantitative estimate of drug-likeness (QED) is 0.526. The first-order chi connectivity index (χ1) is 17.1. The molecule has 2 fully saturated rings. The van der Waals surface area contributed by atoms with Gasteiger partial charge in [-0.1, -0.05) is 12.1 Å². The van der Waals surface area contributed by atoms with E-state index in [4.69, 9.17) is 18.9 Å². The van der Waals surface area contributed by atoms with E-state index in [9.17, 15) is 9.90 Å². The Balaban J connectivity index is 1.42. The first kappa shape index (κ1) is 25.2. The second-order valence-electron chi connectivity index (χ2n) is 8.27. The van der Waals surface area contributed by atoms with Gasteiger partial charge in [-0.05, 0) is 35.9 Å². The van der Waals surface area contributed by atoms with E-state index in [0.29, 0.717) is 50.2 Å². The smallest absolute Gasteiger partial charge is 0.247 e. The van der Waals surface area contributed by atoms with Gasteiger partial charge in [-0.2, -0.15) is 0 Å². The van der Waals surface area contributed by atoms with Gasteiger partial charge in [-0.3, -0.25) is 9.69 Å². The second kappa shape index (κ2) is 12.2. The van der Waals surface area contributed by atoms with Gasteiger partial charge in [0.15, 0.2) is 23.0 Å². The van der Waals surface area contributed by atoms with Crippen LogP contribution in [0.2, 0.25) is 0 Å². The summed E-state index contributed by atoms with van der Waals surface area (Å²) in [5.74, 6) is 2.63. The van der Waals surface area contributed by atoms with E-state index < -0.39 is 0 Å². The highest BCUT2D eigenvalue weighted by atomic mass is 32.2. The molecule has 188 valence electrons. The zero-order valence-corrected chi connectivity index (χ0v) is 21.0. The molecule has 2 heterocycles. The van der Waals surface area contributed by atoms with Crippen LogP contribution in [0.5, 0.6) is 23.0 Å². The molecule has 0 spiro atoms. The van der Waals surface area contributed by atoms with Crippen molar-refractivity contribution in [2.75, 3.05) is 59.4 Å². The van der Waals surface area contributed by atoms with Crippen molar-refractivity contribution in [2.45, 2.75) is 11.9 Å².